The maximum atomic E-state index is 10.6. The molecule has 2 N–H and O–H groups in total. The van der Waals surface area contributed by atoms with Crippen LogP contribution in [0, 0.1) is 11.8 Å². The third-order valence-electron chi connectivity index (χ3n) is 5.68. The number of fused-ring (bicyclic) bond motifs is 5. The molecule has 132 valence electrons. The fraction of sp³-hybridized carbons (Fsp3) is 0.722. The number of furan rings is 1. The lowest BCUT2D eigenvalue weighted by atomic mass is 9.82. The molecule has 6 nitrogen and oxygen atoms in total. The summed E-state index contributed by atoms with van der Waals surface area (Å²) in [6.45, 7) is 6.91. The first-order valence-electron chi connectivity index (χ1n) is 9.03. The SMILES string of the molecule is CCNC(=NCC(C)(O)c1ccco1)N1CC2C3CCC(O3)C2C1. The second-order valence-electron chi connectivity index (χ2n) is 7.44. The lowest BCUT2D eigenvalue weighted by Gasteiger charge is -2.25. The molecule has 5 atom stereocenters. The number of nitrogens with zero attached hydrogens (tertiary/aromatic N) is 2. The van der Waals surface area contributed by atoms with E-state index in [-0.39, 0.29) is 6.54 Å². The Hall–Kier alpha value is -1.53. The van der Waals surface area contributed by atoms with Gasteiger partial charge in [-0.3, -0.25) is 0 Å². The molecule has 3 fully saturated rings. The van der Waals surface area contributed by atoms with Crippen LogP contribution in [0.2, 0.25) is 0 Å². The van der Waals surface area contributed by atoms with Crippen molar-refractivity contribution < 1.29 is 14.3 Å². The number of aliphatic imine (C=N–C) groups is 1. The van der Waals surface area contributed by atoms with E-state index in [2.05, 4.69) is 17.1 Å². The van der Waals surface area contributed by atoms with Crippen LogP contribution in [0.4, 0.5) is 0 Å². The highest BCUT2D eigenvalue weighted by Gasteiger charge is 2.53. The highest BCUT2D eigenvalue weighted by Crippen LogP contribution is 2.47. The van der Waals surface area contributed by atoms with Gasteiger partial charge in [0.15, 0.2) is 5.96 Å². The molecule has 0 aromatic carbocycles. The summed E-state index contributed by atoms with van der Waals surface area (Å²) in [5, 5.41) is 14.0. The van der Waals surface area contributed by atoms with Crippen molar-refractivity contribution in [3.8, 4) is 0 Å². The molecular formula is C18H27N3O3. The Morgan fingerprint density at radius 3 is 2.67 bits per heavy atom. The highest BCUT2D eigenvalue weighted by molar-refractivity contribution is 5.80. The van der Waals surface area contributed by atoms with Gasteiger partial charge in [0.1, 0.15) is 11.4 Å². The van der Waals surface area contributed by atoms with Crippen LogP contribution in [0.5, 0.6) is 0 Å². The summed E-state index contributed by atoms with van der Waals surface area (Å²) in [7, 11) is 0. The topological polar surface area (TPSA) is 70.2 Å². The van der Waals surface area contributed by atoms with Gasteiger partial charge in [-0.2, -0.15) is 0 Å². The van der Waals surface area contributed by atoms with Gasteiger partial charge >= 0.3 is 0 Å². The first-order chi connectivity index (χ1) is 11.6. The molecule has 3 aliphatic rings. The highest BCUT2D eigenvalue weighted by atomic mass is 16.5. The van der Waals surface area contributed by atoms with E-state index >= 15 is 0 Å². The van der Waals surface area contributed by atoms with Gasteiger partial charge in [-0.1, -0.05) is 0 Å². The summed E-state index contributed by atoms with van der Waals surface area (Å²) in [6, 6.07) is 3.58. The summed E-state index contributed by atoms with van der Waals surface area (Å²) in [5.41, 5.74) is -1.10. The van der Waals surface area contributed by atoms with E-state index in [0.717, 1.165) is 25.6 Å². The normalized spacial score (nSPS) is 34.5. The smallest absolute Gasteiger partial charge is 0.194 e. The first-order valence-corrected chi connectivity index (χ1v) is 9.03. The fourth-order valence-corrected chi connectivity index (χ4v) is 4.45. The van der Waals surface area contributed by atoms with Crippen LogP contribution in [0.15, 0.2) is 27.8 Å². The Kier molecular flexibility index (Phi) is 4.04. The zero-order valence-electron chi connectivity index (χ0n) is 14.4. The number of rotatable bonds is 4. The summed E-state index contributed by atoms with van der Waals surface area (Å²) in [5.74, 6) is 2.71. The molecule has 1 aromatic rings. The molecule has 0 saturated carbocycles. The van der Waals surface area contributed by atoms with Gasteiger partial charge in [-0.25, -0.2) is 4.99 Å². The van der Waals surface area contributed by atoms with Gasteiger partial charge in [-0.15, -0.1) is 0 Å². The number of aliphatic hydroxyl groups is 1. The maximum Gasteiger partial charge on any atom is 0.194 e. The molecule has 3 aliphatic heterocycles. The summed E-state index contributed by atoms with van der Waals surface area (Å²) in [6.07, 6.45) is 4.88. The molecule has 1 aromatic heterocycles. The van der Waals surface area contributed by atoms with E-state index in [4.69, 9.17) is 14.1 Å². The molecule has 5 unspecified atom stereocenters. The number of ether oxygens (including phenoxy) is 1. The van der Waals surface area contributed by atoms with Gasteiger partial charge in [0.25, 0.3) is 0 Å². The van der Waals surface area contributed by atoms with Crippen LogP contribution in [0.25, 0.3) is 0 Å². The van der Waals surface area contributed by atoms with Crippen LogP contribution >= 0.6 is 0 Å². The van der Waals surface area contributed by atoms with Gasteiger partial charge in [0, 0.05) is 31.5 Å². The van der Waals surface area contributed by atoms with Gasteiger partial charge in [0.05, 0.1) is 25.0 Å². The van der Waals surface area contributed by atoms with E-state index in [1.54, 1.807) is 25.3 Å². The minimum atomic E-state index is -1.10. The van der Waals surface area contributed by atoms with E-state index in [9.17, 15) is 5.11 Å². The molecule has 0 aliphatic carbocycles. The number of hydrogen-bond donors (Lipinski definition) is 2. The summed E-state index contributed by atoms with van der Waals surface area (Å²) < 4.78 is 11.4. The van der Waals surface area contributed by atoms with Crippen LogP contribution in [-0.2, 0) is 10.3 Å². The lowest BCUT2D eigenvalue weighted by molar-refractivity contribution is 0.0433. The predicted molar refractivity (Wildman–Crippen MR) is 90.7 cm³/mol. The van der Waals surface area contributed by atoms with Crippen molar-refractivity contribution in [1.82, 2.24) is 10.2 Å². The third kappa shape index (κ3) is 2.71. The van der Waals surface area contributed by atoms with Crippen molar-refractivity contribution in [2.24, 2.45) is 16.8 Å². The van der Waals surface area contributed by atoms with Crippen LogP contribution in [0.3, 0.4) is 0 Å². The molecule has 0 radical (unpaired) electrons. The molecule has 24 heavy (non-hydrogen) atoms. The minimum Gasteiger partial charge on any atom is -0.466 e. The molecule has 4 rings (SSSR count). The average Bonchev–Trinajstić information content (AvgIpc) is 3.33. The van der Waals surface area contributed by atoms with Crippen molar-refractivity contribution in [1.29, 1.82) is 0 Å². The summed E-state index contributed by atoms with van der Waals surface area (Å²) >= 11 is 0. The van der Waals surface area contributed by atoms with Gasteiger partial charge in [0.2, 0.25) is 0 Å². The van der Waals surface area contributed by atoms with Crippen molar-refractivity contribution in [3.63, 3.8) is 0 Å². The molecule has 0 spiro atoms. The van der Waals surface area contributed by atoms with Crippen LogP contribution in [-0.4, -0.2) is 54.4 Å². The number of hydrogen-bond acceptors (Lipinski definition) is 4. The Labute approximate surface area is 142 Å². The summed E-state index contributed by atoms with van der Waals surface area (Å²) in [4.78, 5) is 7.04. The van der Waals surface area contributed by atoms with Crippen molar-refractivity contribution in [2.75, 3.05) is 26.2 Å². The van der Waals surface area contributed by atoms with E-state index < -0.39 is 5.60 Å². The van der Waals surface area contributed by atoms with Crippen molar-refractivity contribution in [2.45, 2.75) is 44.5 Å². The first kappa shape index (κ1) is 16.0. The predicted octanol–water partition coefficient (Wildman–Crippen LogP) is 1.56. The number of likely N-dealkylation sites (tertiary alicyclic amines) is 1. The Balaban J connectivity index is 1.46. The zero-order chi connectivity index (χ0) is 16.7. The van der Waals surface area contributed by atoms with Crippen LogP contribution < -0.4 is 5.32 Å². The second kappa shape index (κ2) is 6.08. The largest absolute Gasteiger partial charge is 0.466 e. The van der Waals surface area contributed by atoms with Crippen molar-refractivity contribution in [3.05, 3.63) is 24.2 Å². The van der Waals surface area contributed by atoms with Gasteiger partial charge in [-0.05, 0) is 38.8 Å². The minimum absolute atomic E-state index is 0.276. The van der Waals surface area contributed by atoms with E-state index in [1.165, 1.54) is 12.8 Å². The molecule has 0 amide bonds. The standard InChI is InChI=1S/C18H27N3O3/c1-3-19-17(20-11-18(2,22)16-5-4-8-23-16)21-9-12-13(10-21)15-7-6-14(12)24-15/h4-5,8,12-15,22H,3,6-7,9-11H2,1-2H3,(H,19,20). The molecule has 6 heteroatoms. The van der Waals surface area contributed by atoms with Gasteiger partial charge < -0.3 is 24.5 Å². The second-order valence-corrected chi connectivity index (χ2v) is 7.44. The fourth-order valence-electron chi connectivity index (χ4n) is 4.45. The number of nitrogens with one attached hydrogen (secondary N) is 1. The molecule has 4 heterocycles. The Morgan fingerprint density at radius 1 is 1.38 bits per heavy atom. The zero-order valence-corrected chi connectivity index (χ0v) is 14.4. The van der Waals surface area contributed by atoms with Crippen molar-refractivity contribution >= 4 is 5.96 Å². The van der Waals surface area contributed by atoms with E-state index in [0.29, 0.717) is 29.8 Å². The molecular weight excluding hydrogens is 306 g/mol. The third-order valence-corrected chi connectivity index (χ3v) is 5.68. The Bertz CT molecular complexity index is 581. The molecule has 2 bridgehead atoms. The lowest BCUT2D eigenvalue weighted by Crippen LogP contribution is -2.42. The molecule has 3 saturated heterocycles. The van der Waals surface area contributed by atoms with E-state index in [1.807, 2.05) is 0 Å². The average molecular weight is 333 g/mol. The van der Waals surface area contributed by atoms with Crippen LogP contribution in [0.1, 0.15) is 32.4 Å². The monoisotopic (exact) mass is 333 g/mol. The quantitative estimate of drug-likeness (QED) is 0.646. The Morgan fingerprint density at radius 2 is 2.08 bits per heavy atom. The number of guanidine groups is 1. The maximum absolute atomic E-state index is 10.6.